The van der Waals surface area contributed by atoms with E-state index in [9.17, 15) is 0 Å². The second kappa shape index (κ2) is 7.08. The van der Waals surface area contributed by atoms with E-state index in [-0.39, 0.29) is 0 Å². The average Bonchev–Trinajstić information content (AvgIpc) is 3.08. The van der Waals surface area contributed by atoms with Crippen LogP contribution in [0, 0.1) is 5.92 Å². The van der Waals surface area contributed by atoms with Gasteiger partial charge in [-0.05, 0) is 51.5 Å². The molecule has 0 amide bonds. The zero-order valence-electron chi connectivity index (χ0n) is 10.9. The van der Waals surface area contributed by atoms with Crippen molar-refractivity contribution in [2.45, 2.75) is 58.0 Å². The van der Waals surface area contributed by atoms with E-state index in [1.54, 1.807) is 0 Å². The van der Waals surface area contributed by atoms with Gasteiger partial charge in [-0.1, -0.05) is 13.0 Å². The molecule has 94 valence electrons. The van der Waals surface area contributed by atoms with Gasteiger partial charge in [0.15, 0.2) is 0 Å². The van der Waals surface area contributed by atoms with E-state index in [4.69, 9.17) is 5.11 Å². The van der Waals surface area contributed by atoms with Crippen molar-refractivity contribution in [3.05, 3.63) is 12.7 Å². The summed E-state index contributed by atoms with van der Waals surface area (Å²) in [5.41, 5.74) is 0. The highest BCUT2D eigenvalue weighted by Gasteiger charge is 2.33. The molecule has 1 fully saturated rings. The Morgan fingerprint density at radius 2 is 2.06 bits per heavy atom. The van der Waals surface area contributed by atoms with Crippen LogP contribution in [0.1, 0.15) is 46.0 Å². The highest BCUT2D eigenvalue weighted by atomic mass is 16.2. The van der Waals surface area contributed by atoms with E-state index >= 15 is 0 Å². The molecule has 1 aliphatic carbocycles. The molecule has 0 heterocycles. The smallest absolute Gasteiger partial charge is 0.0431 e. The lowest BCUT2D eigenvalue weighted by molar-refractivity contribution is 0.145. The van der Waals surface area contributed by atoms with Crippen molar-refractivity contribution in [3.63, 3.8) is 0 Å². The molecule has 2 atom stereocenters. The Morgan fingerprint density at radius 1 is 1.38 bits per heavy atom. The molecule has 2 nitrogen and oxygen atoms in total. The fourth-order valence-corrected chi connectivity index (χ4v) is 2.32. The lowest BCUT2D eigenvalue weighted by Gasteiger charge is -2.33. The number of aliphatic hydroxyl groups excluding tert-OH is 1. The van der Waals surface area contributed by atoms with Crippen LogP contribution in [0.25, 0.3) is 0 Å². The number of unbranched alkanes of at least 4 members (excludes halogenated alkanes) is 1. The second-order valence-corrected chi connectivity index (χ2v) is 5.14. The third-order valence-electron chi connectivity index (χ3n) is 3.73. The van der Waals surface area contributed by atoms with E-state index < -0.39 is 0 Å². The van der Waals surface area contributed by atoms with Gasteiger partial charge in [-0.15, -0.1) is 6.58 Å². The molecule has 1 N–H and O–H groups in total. The van der Waals surface area contributed by atoms with Gasteiger partial charge in [0.25, 0.3) is 0 Å². The minimum atomic E-state index is 0.328. The Morgan fingerprint density at radius 3 is 2.56 bits per heavy atom. The van der Waals surface area contributed by atoms with Crippen LogP contribution in [0.15, 0.2) is 12.7 Å². The van der Waals surface area contributed by atoms with E-state index in [0.29, 0.717) is 18.6 Å². The summed E-state index contributed by atoms with van der Waals surface area (Å²) in [5.74, 6) is 0.687. The largest absolute Gasteiger partial charge is 0.396 e. The Labute approximate surface area is 100 Å². The van der Waals surface area contributed by atoms with Crippen molar-refractivity contribution in [1.29, 1.82) is 0 Å². The van der Waals surface area contributed by atoms with Crippen molar-refractivity contribution >= 4 is 0 Å². The fourth-order valence-electron chi connectivity index (χ4n) is 2.32. The van der Waals surface area contributed by atoms with Crippen molar-refractivity contribution in [1.82, 2.24) is 4.90 Å². The Balaban J connectivity index is 2.38. The van der Waals surface area contributed by atoms with Gasteiger partial charge in [0.1, 0.15) is 0 Å². The first-order chi connectivity index (χ1) is 7.70. The quantitative estimate of drug-likeness (QED) is 0.482. The summed E-state index contributed by atoms with van der Waals surface area (Å²) in [5, 5.41) is 8.83. The first-order valence-electron chi connectivity index (χ1n) is 6.68. The Hall–Kier alpha value is -0.340. The highest BCUT2D eigenvalue weighted by molar-refractivity contribution is 4.90. The molecule has 0 aromatic carbocycles. The predicted molar refractivity (Wildman–Crippen MR) is 69.5 cm³/mol. The molecular formula is C14H27NO. The molecule has 2 heteroatoms. The van der Waals surface area contributed by atoms with E-state index in [1.165, 1.54) is 12.8 Å². The van der Waals surface area contributed by atoms with E-state index in [1.807, 2.05) is 6.08 Å². The maximum absolute atomic E-state index is 8.83. The van der Waals surface area contributed by atoms with Gasteiger partial charge < -0.3 is 5.11 Å². The number of nitrogens with zero attached hydrogens (tertiary/aromatic N) is 1. The van der Waals surface area contributed by atoms with E-state index in [0.717, 1.165) is 31.8 Å². The van der Waals surface area contributed by atoms with Crippen molar-refractivity contribution < 1.29 is 5.11 Å². The molecule has 0 spiro atoms. The summed E-state index contributed by atoms with van der Waals surface area (Å²) < 4.78 is 0. The summed E-state index contributed by atoms with van der Waals surface area (Å²) in [6.45, 7) is 9.95. The molecule has 0 bridgehead atoms. The van der Waals surface area contributed by atoms with Crippen LogP contribution in [-0.4, -0.2) is 35.2 Å². The zero-order chi connectivity index (χ0) is 12.0. The molecule has 2 unspecified atom stereocenters. The molecule has 0 radical (unpaired) electrons. The van der Waals surface area contributed by atoms with Crippen LogP contribution >= 0.6 is 0 Å². The van der Waals surface area contributed by atoms with Crippen molar-refractivity contribution in [3.8, 4) is 0 Å². The number of hydrogen-bond donors (Lipinski definition) is 1. The number of allylic oxidation sites excluding steroid dienone is 1. The summed E-state index contributed by atoms with van der Waals surface area (Å²) in [7, 11) is 0. The van der Waals surface area contributed by atoms with Crippen LogP contribution in [0.4, 0.5) is 0 Å². The monoisotopic (exact) mass is 225 g/mol. The van der Waals surface area contributed by atoms with Crippen LogP contribution in [-0.2, 0) is 0 Å². The first kappa shape index (κ1) is 13.7. The molecule has 1 rings (SSSR count). The van der Waals surface area contributed by atoms with Crippen LogP contribution in [0.3, 0.4) is 0 Å². The van der Waals surface area contributed by atoms with Crippen LogP contribution in [0.5, 0.6) is 0 Å². The maximum atomic E-state index is 8.83. The van der Waals surface area contributed by atoms with Gasteiger partial charge in [-0.3, -0.25) is 4.90 Å². The lowest BCUT2D eigenvalue weighted by Crippen LogP contribution is -2.39. The summed E-state index contributed by atoms with van der Waals surface area (Å²) in [6, 6.07) is 1.46. The molecule has 0 aliphatic heterocycles. The van der Waals surface area contributed by atoms with Crippen molar-refractivity contribution in [2.24, 2.45) is 5.92 Å². The van der Waals surface area contributed by atoms with Crippen LogP contribution < -0.4 is 0 Å². The van der Waals surface area contributed by atoms with Gasteiger partial charge in [0.2, 0.25) is 0 Å². The lowest BCUT2D eigenvalue weighted by atomic mass is 9.98. The summed E-state index contributed by atoms with van der Waals surface area (Å²) >= 11 is 0. The molecule has 0 saturated heterocycles. The summed E-state index contributed by atoms with van der Waals surface area (Å²) in [6.07, 6.45) is 7.92. The normalized spacial score (nSPS) is 19.8. The number of aliphatic hydroxyl groups is 1. The predicted octanol–water partition coefficient (Wildman–Crippen LogP) is 2.82. The van der Waals surface area contributed by atoms with Gasteiger partial charge in [0, 0.05) is 18.7 Å². The number of hydrogen-bond acceptors (Lipinski definition) is 2. The van der Waals surface area contributed by atoms with E-state index in [2.05, 4.69) is 25.3 Å². The molecule has 0 aromatic rings. The van der Waals surface area contributed by atoms with Gasteiger partial charge in [0.05, 0.1) is 0 Å². The van der Waals surface area contributed by atoms with Gasteiger partial charge in [-0.25, -0.2) is 0 Å². The number of rotatable bonds is 9. The van der Waals surface area contributed by atoms with Gasteiger partial charge in [-0.2, -0.15) is 0 Å². The third kappa shape index (κ3) is 4.26. The van der Waals surface area contributed by atoms with Gasteiger partial charge >= 0.3 is 0 Å². The topological polar surface area (TPSA) is 23.5 Å². The SMILES string of the molecule is C=CCC(C)C(C)N(CCCCO)C1CC1. The molecule has 0 aromatic heterocycles. The standard InChI is InChI=1S/C14H27NO/c1-4-7-12(2)13(3)15(14-8-9-14)10-5-6-11-16/h4,12-14,16H,1,5-11H2,2-3H3. The molecular weight excluding hydrogens is 198 g/mol. The minimum absolute atomic E-state index is 0.328. The third-order valence-corrected chi connectivity index (χ3v) is 3.73. The second-order valence-electron chi connectivity index (χ2n) is 5.14. The van der Waals surface area contributed by atoms with Crippen LogP contribution in [0.2, 0.25) is 0 Å². The Bertz CT molecular complexity index is 201. The molecule has 1 saturated carbocycles. The highest BCUT2D eigenvalue weighted by Crippen LogP contribution is 2.31. The summed E-state index contributed by atoms with van der Waals surface area (Å²) in [4.78, 5) is 2.64. The fraction of sp³-hybridized carbons (Fsp3) is 0.857. The maximum Gasteiger partial charge on any atom is 0.0431 e. The first-order valence-corrected chi connectivity index (χ1v) is 6.68. The average molecular weight is 225 g/mol. The van der Waals surface area contributed by atoms with Crippen molar-refractivity contribution in [2.75, 3.05) is 13.2 Å². The Kier molecular flexibility index (Phi) is 6.07. The minimum Gasteiger partial charge on any atom is -0.396 e. The zero-order valence-corrected chi connectivity index (χ0v) is 10.9. The molecule has 16 heavy (non-hydrogen) atoms. The molecule has 1 aliphatic rings.